The minimum atomic E-state index is -4.33. The molecule has 1 aliphatic heterocycles. The number of nitrogens with one attached hydrogen (secondary N) is 1. The number of piperazine rings is 1. The Bertz CT molecular complexity index is 1340. The van der Waals surface area contributed by atoms with Crippen molar-refractivity contribution in [1.29, 1.82) is 0 Å². The van der Waals surface area contributed by atoms with E-state index < -0.39 is 21.8 Å². The number of hydrogen-bond donors (Lipinski definition) is 1. The minimum Gasteiger partial charge on any atom is -0.369 e. The zero-order chi connectivity index (χ0) is 26.8. The molecule has 204 valence electrons. The Kier molecular flexibility index (Phi) is 7.93. The van der Waals surface area contributed by atoms with Crippen molar-refractivity contribution in [3.05, 3.63) is 66.4 Å². The molecule has 0 radical (unpaired) electrons. The summed E-state index contributed by atoms with van der Waals surface area (Å²) in [7, 11) is -3.66. The number of pyridine rings is 1. The van der Waals surface area contributed by atoms with Crippen molar-refractivity contribution >= 4 is 26.6 Å². The zero-order valence-corrected chi connectivity index (χ0v) is 22.0. The highest BCUT2D eigenvalue weighted by Crippen LogP contribution is 2.32. The summed E-state index contributed by atoms with van der Waals surface area (Å²) in [6, 6.07) is 14.4. The van der Waals surface area contributed by atoms with Crippen molar-refractivity contribution < 1.29 is 21.6 Å². The Morgan fingerprint density at radius 3 is 2.37 bits per heavy atom. The van der Waals surface area contributed by atoms with Crippen LogP contribution in [0.3, 0.4) is 0 Å². The van der Waals surface area contributed by atoms with Gasteiger partial charge in [-0.05, 0) is 74.9 Å². The number of hydrogen-bond acceptors (Lipinski definition) is 5. The molecule has 1 aromatic heterocycles. The normalized spacial score (nSPS) is 21.6. The highest BCUT2D eigenvalue weighted by atomic mass is 32.2. The molecule has 3 aromatic rings. The summed E-state index contributed by atoms with van der Waals surface area (Å²) in [4.78, 5) is 8.91. The molecule has 2 aliphatic rings. The maximum Gasteiger partial charge on any atom is 0.416 e. The Morgan fingerprint density at radius 2 is 1.63 bits per heavy atom. The highest BCUT2D eigenvalue weighted by Gasteiger charge is 2.31. The number of anilines is 1. The van der Waals surface area contributed by atoms with E-state index in [1.54, 1.807) is 30.5 Å². The van der Waals surface area contributed by atoms with Crippen LogP contribution >= 0.6 is 0 Å². The molecule has 10 heteroatoms. The van der Waals surface area contributed by atoms with E-state index >= 15 is 0 Å². The van der Waals surface area contributed by atoms with Crippen molar-refractivity contribution in [3.8, 4) is 0 Å². The van der Waals surface area contributed by atoms with Crippen LogP contribution in [0.5, 0.6) is 0 Å². The lowest BCUT2D eigenvalue weighted by Gasteiger charge is -2.37. The van der Waals surface area contributed by atoms with Gasteiger partial charge in [0.15, 0.2) is 0 Å². The Balaban J connectivity index is 1.07. The van der Waals surface area contributed by atoms with Crippen LogP contribution in [0, 0.1) is 5.92 Å². The number of alkyl halides is 3. The number of benzene rings is 2. The summed E-state index contributed by atoms with van der Waals surface area (Å²) >= 11 is 0. The van der Waals surface area contributed by atoms with Gasteiger partial charge in [-0.1, -0.05) is 24.3 Å². The van der Waals surface area contributed by atoms with Gasteiger partial charge >= 0.3 is 6.18 Å². The number of rotatable bonds is 7. The van der Waals surface area contributed by atoms with Crippen LogP contribution in [0.4, 0.5) is 18.9 Å². The molecule has 1 aliphatic carbocycles. The van der Waals surface area contributed by atoms with E-state index in [-0.39, 0.29) is 10.9 Å². The summed E-state index contributed by atoms with van der Waals surface area (Å²) in [5.74, 6) is 0.552. The average Bonchev–Trinajstić information content (AvgIpc) is 2.92. The van der Waals surface area contributed by atoms with E-state index in [0.717, 1.165) is 63.2 Å². The molecule has 2 fully saturated rings. The standard InChI is InChI=1S/C28H33F3N4O2S/c29-28(30,31)23-6-2-7-25(20-23)35-18-16-34(17-19-35)15-13-21-9-11-24(12-10-21)33-38(36,37)26-8-1-4-22-5-3-14-32-27(22)26/h1-8,14,20-21,24,33H,9-13,15-19H2. The van der Waals surface area contributed by atoms with Gasteiger partial charge in [0.05, 0.1) is 11.1 Å². The monoisotopic (exact) mass is 546 g/mol. The molecule has 1 saturated heterocycles. The average molecular weight is 547 g/mol. The fourth-order valence-corrected chi connectivity index (χ4v) is 7.10. The third-order valence-corrected chi connectivity index (χ3v) is 9.37. The lowest BCUT2D eigenvalue weighted by molar-refractivity contribution is -0.137. The van der Waals surface area contributed by atoms with E-state index in [9.17, 15) is 21.6 Å². The molecular formula is C28H33F3N4O2S. The fraction of sp³-hybridized carbons (Fsp3) is 0.464. The molecule has 0 unspecified atom stereocenters. The second-order valence-corrected chi connectivity index (χ2v) is 12.0. The largest absolute Gasteiger partial charge is 0.416 e. The second-order valence-electron chi connectivity index (χ2n) is 10.3. The van der Waals surface area contributed by atoms with E-state index in [1.165, 1.54) is 12.1 Å². The molecule has 38 heavy (non-hydrogen) atoms. The molecule has 0 amide bonds. The van der Waals surface area contributed by atoms with Crippen LogP contribution in [0.1, 0.15) is 37.7 Å². The Hall–Kier alpha value is -2.69. The van der Waals surface area contributed by atoms with Crippen molar-refractivity contribution in [2.24, 2.45) is 5.92 Å². The zero-order valence-electron chi connectivity index (χ0n) is 21.2. The van der Waals surface area contributed by atoms with Crippen LogP contribution in [0.25, 0.3) is 10.9 Å². The summed E-state index contributed by atoms with van der Waals surface area (Å²) in [5, 5.41) is 0.801. The minimum absolute atomic E-state index is 0.0776. The maximum absolute atomic E-state index is 13.1. The number of aromatic nitrogens is 1. The first-order chi connectivity index (χ1) is 18.2. The number of halogens is 3. The first-order valence-electron chi connectivity index (χ1n) is 13.2. The third-order valence-electron chi connectivity index (χ3n) is 7.82. The number of para-hydroxylation sites is 1. The third kappa shape index (κ3) is 6.30. The molecule has 2 aromatic carbocycles. The van der Waals surface area contributed by atoms with Crippen molar-refractivity contribution in [2.75, 3.05) is 37.6 Å². The predicted molar refractivity (Wildman–Crippen MR) is 143 cm³/mol. The van der Waals surface area contributed by atoms with Crippen LogP contribution in [-0.2, 0) is 16.2 Å². The molecular weight excluding hydrogens is 513 g/mol. The molecule has 2 heterocycles. The second kappa shape index (κ2) is 11.2. The SMILES string of the molecule is O=S(=O)(NC1CCC(CCN2CCN(c3cccc(C(F)(F)F)c3)CC2)CC1)c1cccc2cccnc12. The van der Waals surface area contributed by atoms with Crippen molar-refractivity contribution in [2.45, 2.75) is 49.2 Å². The van der Waals surface area contributed by atoms with Gasteiger partial charge in [-0.15, -0.1) is 0 Å². The van der Waals surface area contributed by atoms with Crippen LogP contribution in [0.2, 0.25) is 0 Å². The van der Waals surface area contributed by atoms with E-state index in [0.29, 0.717) is 30.2 Å². The smallest absolute Gasteiger partial charge is 0.369 e. The number of nitrogens with zero attached hydrogens (tertiary/aromatic N) is 3. The fourth-order valence-electron chi connectivity index (χ4n) is 5.62. The lowest BCUT2D eigenvalue weighted by atomic mass is 9.84. The highest BCUT2D eigenvalue weighted by molar-refractivity contribution is 7.89. The molecule has 0 bridgehead atoms. The Morgan fingerprint density at radius 1 is 0.921 bits per heavy atom. The van der Waals surface area contributed by atoms with Crippen LogP contribution < -0.4 is 9.62 Å². The van der Waals surface area contributed by atoms with Crippen molar-refractivity contribution in [1.82, 2.24) is 14.6 Å². The first-order valence-corrected chi connectivity index (χ1v) is 14.7. The Labute approximate surface area is 221 Å². The first kappa shape index (κ1) is 26.9. The summed E-state index contributed by atoms with van der Waals surface area (Å²) in [6.07, 6.45) is 1.91. The van der Waals surface area contributed by atoms with Crippen LogP contribution in [0.15, 0.2) is 65.7 Å². The molecule has 5 rings (SSSR count). The van der Waals surface area contributed by atoms with Gasteiger partial charge in [-0.25, -0.2) is 13.1 Å². The maximum atomic E-state index is 13.1. The van der Waals surface area contributed by atoms with Gasteiger partial charge in [0, 0.05) is 49.5 Å². The molecule has 1 saturated carbocycles. The van der Waals surface area contributed by atoms with Gasteiger partial charge in [-0.3, -0.25) is 9.88 Å². The quantitative estimate of drug-likeness (QED) is 0.436. The lowest BCUT2D eigenvalue weighted by Crippen LogP contribution is -2.47. The van der Waals surface area contributed by atoms with E-state index in [4.69, 9.17) is 0 Å². The predicted octanol–water partition coefficient (Wildman–Crippen LogP) is 5.30. The van der Waals surface area contributed by atoms with E-state index in [1.807, 2.05) is 17.0 Å². The molecule has 1 N–H and O–H groups in total. The van der Waals surface area contributed by atoms with Crippen LogP contribution in [-0.4, -0.2) is 57.1 Å². The topological polar surface area (TPSA) is 65.5 Å². The summed E-state index contributed by atoms with van der Waals surface area (Å²) < 4.78 is 68.3. The van der Waals surface area contributed by atoms with Gasteiger partial charge in [0.2, 0.25) is 10.0 Å². The van der Waals surface area contributed by atoms with Gasteiger partial charge in [0.1, 0.15) is 4.90 Å². The van der Waals surface area contributed by atoms with Gasteiger partial charge < -0.3 is 4.90 Å². The van der Waals surface area contributed by atoms with Crippen molar-refractivity contribution in [3.63, 3.8) is 0 Å². The summed E-state index contributed by atoms with van der Waals surface area (Å²) in [6.45, 7) is 4.02. The summed E-state index contributed by atoms with van der Waals surface area (Å²) in [5.41, 5.74) is 0.507. The number of sulfonamides is 1. The van der Waals surface area contributed by atoms with Gasteiger partial charge in [0.25, 0.3) is 0 Å². The number of fused-ring (bicyclic) bond motifs is 1. The van der Waals surface area contributed by atoms with E-state index in [2.05, 4.69) is 14.6 Å². The molecule has 0 spiro atoms. The van der Waals surface area contributed by atoms with Gasteiger partial charge in [-0.2, -0.15) is 13.2 Å². The molecule has 6 nitrogen and oxygen atoms in total. The molecule has 0 atom stereocenters.